The third kappa shape index (κ3) is 5.41. The van der Waals surface area contributed by atoms with Crippen molar-refractivity contribution in [2.24, 2.45) is 0 Å². The van der Waals surface area contributed by atoms with E-state index in [1.807, 2.05) is 12.1 Å². The van der Waals surface area contributed by atoms with Crippen LogP contribution in [0.1, 0.15) is 49.8 Å². The first-order valence-electron chi connectivity index (χ1n) is 8.23. The molecule has 0 saturated heterocycles. The molecule has 1 N–H and O–H groups in total. The van der Waals surface area contributed by atoms with E-state index in [1.54, 1.807) is 12.4 Å². The van der Waals surface area contributed by atoms with E-state index in [0.717, 1.165) is 37.0 Å². The normalized spacial score (nSPS) is 12.0. The van der Waals surface area contributed by atoms with Gasteiger partial charge in [-0.1, -0.05) is 31.9 Å². The molecule has 0 aliphatic carbocycles. The molecule has 0 spiro atoms. The highest BCUT2D eigenvalue weighted by molar-refractivity contribution is 5.76. The highest BCUT2D eigenvalue weighted by Gasteiger charge is 2.14. The number of halogens is 2. The van der Waals surface area contributed by atoms with Crippen molar-refractivity contribution in [3.8, 4) is 0 Å². The summed E-state index contributed by atoms with van der Waals surface area (Å²) >= 11 is 0. The molecule has 24 heavy (non-hydrogen) atoms. The average molecular weight is 332 g/mol. The van der Waals surface area contributed by atoms with Crippen LogP contribution < -0.4 is 5.32 Å². The van der Waals surface area contributed by atoms with Crippen LogP contribution >= 0.6 is 0 Å². The molecule has 0 saturated carbocycles. The lowest BCUT2D eigenvalue weighted by molar-refractivity contribution is -0.121. The summed E-state index contributed by atoms with van der Waals surface area (Å²) in [4.78, 5) is 16.3. The molecule has 0 aliphatic rings. The number of hydrogen-bond donors (Lipinski definition) is 1. The minimum absolute atomic E-state index is 0.0731. The molecule has 3 nitrogen and oxygen atoms in total. The molecule has 1 atom stereocenters. The van der Waals surface area contributed by atoms with Crippen LogP contribution in [0.25, 0.3) is 0 Å². The van der Waals surface area contributed by atoms with E-state index in [4.69, 9.17) is 0 Å². The largest absolute Gasteiger partial charge is 0.349 e. The summed E-state index contributed by atoms with van der Waals surface area (Å²) in [5.74, 6) is -1.87. The van der Waals surface area contributed by atoms with Gasteiger partial charge in [0.2, 0.25) is 5.91 Å². The predicted octanol–water partition coefficient (Wildman–Crippen LogP) is 4.34. The number of unbranched alkanes of at least 4 members (excludes halogenated alkanes) is 1. The highest BCUT2D eigenvalue weighted by atomic mass is 19.2. The first-order valence-corrected chi connectivity index (χ1v) is 8.23. The number of aromatic nitrogens is 1. The fourth-order valence-corrected chi connectivity index (χ4v) is 2.53. The van der Waals surface area contributed by atoms with E-state index in [-0.39, 0.29) is 18.4 Å². The van der Waals surface area contributed by atoms with Gasteiger partial charge in [-0.25, -0.2) is 8.78 Å². The zero-order chi connectivity index (χ0) is 17.4. The Morgan fingerprint density at radius 2 is 2.08 bits per heavy atom. The number of carbonyl (C=O) groups excluding carboxylic acids is 1. The Labute approximate surface area is 141 Å². The second-order valence-corrected chi connectivity index (χ2v) is 5.80. The van der Waals surface area contributed by atoms with Crippen molar-refractivity contribution in [2.45, 2.75) is 45.1 Å². The van der Waals surface area contributed by atoms with Gasteiger partial charge in [0.1, 0.15) is 0 Å². The molecule has 1 aromatic carbocycles. The number of aryl methyl sites for hydroxylation is 1. The maximum absolute atomic E-state index is 13.2. The lowest BCUT2D eigenvalue weighted by Gasteiger charge is -2.18. The molecule has 2 aromatic rings. The third-order valence-corrected chi connectivity index (χ3v) is 3.89. The number of nitrogens with zero attached hydrogens (tertiary/aromatic N) is 1. The van der Waals surface area contributed by atoms with Crippen molar-refractivity contribution in [1.29, 1.82) is 0 Å². The highest BCUT2D eigenvalue weighted by Crippen LogP contribution is 2.19. The second kappa shape index (κ2) is 9.11. The molecule has 1 heterocycles. The molecule has 1 aromatic heterocycles. The average Bonchev–Trinajstić information content (AvgIpc) is 2.60. The number of benzene rings is 1. The molecular weight excluding hydrogens is 310 g/mol. The van der Waals surface area contributed by atoms with Crippen molar-refractivity contribution in [3.63, 3.8) is 0 Å². The Kier molecular flexibility index (Phi) is 6.85. The lowest BCUT2D eigenvalue weighted by atomic mass is 10.0. The lowest BCUT2D eigenvalue weighted by Crippen LogP contribution is -2.28. The van der Waals surface area contributed by atoms with Crippen molar-refractivity contribution in [3.05, 3.63) is 65.5 Å². The fraction of sp³-hybridized carbons (Fsp3) is 0.368. The van der Waals surface area contributed by atoms with Gasteiger partial charge in [0.05, 0.1) is 6.04 Å². The van der Waals surface area contributed by atoms with Gasteiger partial charge in [-0.3, -0.25) is 9.78 Å². The smallest absolute Gasteiger partial charge is 0.220 e. The minimum Gasteiger partial charge on any atom is -0.349 e. The van der Waals surface area contributed by atoms with Crippen molar-refractivity contribution in [1.82, 2.24) is 10.3 Å². The second-order valence-electron chi connectivity index (χ2n) is 5.80. The number of hydrogen-bond acceptors (Lipinski definition) is 2. The van der Waals surface area contributed by atoms with Gasteiger partial charge >= 0.3 is 0 Å². The summed E-state index contributed by atoms with van der Waals surface area (Å²) in [6.45, 7) is 2.10. The molecule has 128 valence electrons. The Morgan fingerprint density at radius 3 is 2.75 bits per heavy atom. The number of amides is 1. The maximum Gasteiger partial charge on any atom is 0.220 e. The molecule has 0 aliphatic heterocycles. The zero-order valence-electron chi connectivity index (χ0n) is 13.8. The summed E-state index contributed by atoms with van der Waals surface area (Å²) in [5, 5.41) is 3.02. The van der Waals surface area contributed by atoms with Crippen LogP contribution in [0.2, 0.25) is 0 Å². The van der Waals surface area contributed by atoms with Crippen LogP contribution in [-0.2, 0) is 11.2 Å². The standard InChI is InChI=1S/C19H22F2N2O/c1-2-3-6-18(15-5-4-11-22-13-15)23-19(24)10-8-14-7-9-16(20)17(21)12-14/h4-5,7,9,11-13,18H,2-3,6,8,10H2,1H3,(H,23,24)/t18-/m0/s1. The Hall–Kier alpha value is -2.30. The van der Waals surface area contributed by atoms with Crippen LogP contribution in [0, 0.1) is 11.6 Å². The topological polar surface area (TPSA) is 42.0 Å². The predicted molar refractivity (Wildman–Crippen MR) is 89.3 cm³/mol. The van der Waals surface area contributed by atoms with Gasteiger partial charge in [0, 0.05) is 18.8 Å². The van der Waals surface area contributed by atoms with E-state index in [9.17, 15) is 13.6 Å². The maximum atomic E-state index is 13.2. The molecular formula is C19H22F2N2O. The van der Waals surface area contributed by atoms with E-state index < -0.39 is 11.6 Å². The van der Waals surface area contributed by atoms with Crippen LogP contribution in [0.15, 0.2) is 42.7 Å². The van der Waals surface area contributed by atoms with Gasteiger partial charge in [0.25, 0.3) is 0 Å². The Morgan fingerprint density at radius 1 is 1.25 bits per heavy atom. The van der Waals surface area contributed by atoms with Gasteiger partial charge in [-0.05, 0) is 42.2 Å². The van der Waals surface area contributed by atoms with Crippen molar-refractivity contribution in [2.75, 3.05) is 0 Å². The van der Waals surface area contributed by atoms with Crippen LogP contribution in [-0.4, -0.2) is 10.9 Å². The molecule has 0 bridgehead atoms. The summed E-state index contributed by atoms with van der Waals surface area (Å²) in [7, 11) is 0. The molecule has 0 radical (unpaired) electrons. The molecule has 0 unspecified atom stereocenters. The summed E-state index contributed by atoms with van der Waals surface area (Å²) in [6, 6.07) is 7.45. The third-order valence-electron chi connectivity index (χ3n) is 3.89. The van der Waals surface area contributed by atoms with Crippen LogP contribution in [0.3, 0.4) is 0 Å². The fourth-order valence-electron chi connectivity index (χ4n) is 2.53. The van der Waals surface area contributed by atoms with Gasteiger partial charge in [0.15, 0.2) is 11.6 Å². The SMILES string of the molecule is CCCC[C@H](NC(=O)CCc1ccc(F)c(F)c1)c1cccnc1. The summed E-state index contributed by atoms with van der Waals surface area (Å²) < 4.78 is 26.1. The van der Waals surface area contributed by atoms with E-state index in [1.165, 1.54) is 6.07 Å². The Balaban J connectivity index is 1.93. The number of rotatable bonds is 8. The quantitative estimate of drug-likeness (QED) is 0.781. The van der Waals surface area contributed by atoms with Gasteiger partial charge in [-0.15, -0.1) is 0 Å². The van der Waals surface area contributed by atoms with Crippen LogP contribution in [0.5, 0.6) is 0 Å². The molecule has 5 heteroatoms. The minimum atomic E-state index is -0.885. The summed E-state index contributed by atoms with van der Waals surface area (Å²) in [6.07, 6.45) is 6.95. The van der Waals surface area contributed by atoms with E-state index in [0.29, 0.717) is 12.0 Å². The van der Waals surface area contributed by atoms with Crippen LogP contribution in [0.4, 0.5) is 8.78 Å². The van der Waals surface area contributed by atoms with Gasteiger partial charge in [-0.2, -0.15) is 0 Å². The zero-order valence-corrected chi connectivity index (χ0v) is 13.8. The number of nitrogens with one attached hydrogen (secondary N) is 1. The monoisotopic (exact) mass is 332 g/mol. The molecule has 2 rings (SSSR count). The number of carbonyl (C=O) groups is 1. The van der Waals surface area contributed by atoms with Crippen molar-refractivity contribution >= 4 is 5.91 Å². The first-order chi connectivity index (χ1) is 11.6. The Bertz CT molecular complexity index is 662. The number of pyridine rings is 1. The first kappa shape index (κ1) is 18.0. The van der Waals surface area contributed by atoms with Crippen molar-refractivity contribution < 1.29 is 13.6 Å². The van der Waals surface area contributed by atoms with E-state index >= 15 is 0 Å². The van der Waals surface area contributed by atoms with E-state index in [2.05, 4.69) is 17.2 Å². The van der Waals surface area contributed by atoms with Gasteiger partial charge < -0.3 is 5.32 Å². The molecule has 1 amide bonds. The molecule has 0 fully saturated rings. The summed E-state index contributed by atoms with van der Waals surface area (Å²) in [5.41, 5.74) is 1.59.